The topological polar surface area (TPSA) is 95.3 Å². The summed E-state index contributed by atoms with van der Waals surface area (Å²) >= 11 is 0. The van der Waals surface area contributed by atoms with E-state index in [9.17, 15) is 10.1 Å². The van der Waals surface area contributed by atoms with Crippen molar-refractivity contribution in [3.8, 4) is 17.3 Å². The van der Waals surface area contributed by atoms with Gasteiger partial charge >= 0.3 is 0 Å². The normalized spacial score (nSPS) is 25.1. The highest BCUT2D eigenvalue weighted by molar-refractivity contribution is 6.02. The number of rotatable bonds is 2. The number of benzene rings is 1. The van der Waals surface area contributed by atoms with Crippen LogP contribution in [-0.4, -0.2) is 25.9 Å². The van der Waals surface area contributed by atoms with Crippen molar-refractivity contribution in [3.63, 3.8) is 0 Å². The van der Waals surface area contributed by atoms with Crippen molar-refractivity contribution < 1.29 is 4.79 Å². The first-order chi connectivity index (χ1) is 14.6. The molecular formula is C24H21N5O. The molecule has 0 radical (unpaired) electrons. The zero-order valence-electron chi connectivity index (χ0n) is 16.9. The van der Waals surface area contributed by atoms with Gasteiger partial charge in [0.05, 0.1) is 28.6 Å². The molecule has 6 heteroatoms. The first-order valence-electron chi connectivity index (χ1n) is 10.2. The number of allylic oxidation sites excluding steroid dienone is 2. The van der Waals surface area contributed by atoms with Gasteiger partial charge in [-0.25, -0.2) is 9.97 Å². The molecule has 0 aliphatic heterocycles. The molecule has 2 aromatic heterocycles. The van der Waals surface area contributed by atoms with Crippen molar-refractivity contribution >= 4 is 5.78 Å². The maximum Gasteiger partial charge on any atom is 0.176 e. The molecule has 0 bridgehead atoms. The maximum absolute atomic E-state index is 12.9. The minimum Gasteiger partial charge on any atom is -0.293 e. The van der Waals surface area contributed by atoms with Crippen LogP contribution < -0.4 is 0 Å². The number of nitrogens with one attached hydrogen (secondary N) is 1. The predicted octanol–water partition coefficient (Wildman–Crippen LogP) is 3.69. The van der Waals surface area contributed by atoms with Crippen LogP contribution in [0.25, 0.3) is 11.3 Å². The van der Waals surface area contributed by atoms with Crippen molar-refractivity contribution in [2.24, 2.45) is 11.8 Å². The van der Waals surface area contributed by atoms with Crippen LogP contribution >= 0.6 is 0 Å². The summed E-state index contributed by atoms with van der Waals surface area (Å²) in [6, 6.07) is 12.3. The van der Waals surface area contributed by atoms with Gasteiger partial charge in [0.25, 0.3) is 0 Å². The van der Waals surface area contributed by atoms with Crippen LogP contribution in [-0.2, 0) is 16.6 Å². The third-order valence-corrected chi connectivity index (χ3v) is 6.60. The number of hydrogen-bond acceptors (Lipinski definition) is 5. The number of nitrogens with zero attached hydrogens (tertiary/aromatic N) is 4. The number of H-pyrrole nitrogens is 1. The van der Waals surface area contributed by atoms with Gasteiger partial charge in [-0.05, 0) is 37.3 Å². The van der Waals surface area contributed by atoms with E-state index in [1.54, 1.807) is 6.20 Å². The average molecular weight is 395 g/mol. The van der Waals surface area contributed by atoms with Gasteiger partial charge in [-0.2, -0.15) is 10.4 Å². The molecule has 1 aromatic carbocycles. The Labute approximate surface area is 174 Å². The minimum atomic E-state index is -0.639. The number of fused-ring (bicyclic) bond motifs is 3. The number of carbonyl (C=O) groups is 1. The van der Waals surface area contributed by atoms with Gasteiger partial charge in [0, 0.05) is 23.2 Å². The fourth-order valence-corrected chi connectivity index (χ4v) is 5.28. The molecule has 2 heterocycles. The van der Waals surface area contributed by atoms with Gasteiger partial charge in [0.1, 0.15) is 11.9 Å². The van der Waals surface area contributed by atoms with Crippen LogP contribution in [0, 0.1) is 30.1 Å². The number of ketones is 1. The Hall–Kier alpha value is -3.59. The largest absolute Gasteiger partial charge is 0.293 e. The highest BCUT2D eigenvalue weighted by Crippen LogP contribution is 2.54. The molecule has 3 aromatic rings. The lowest BCUT2D eigenvalue weighted by Gasteiger charge is -2.48. The lowest BCUT2D eigenvalue weighted by Crippen LogP contribution is -2.48. The summed E-state index contributed by atoms with van der Waals surface area (Å²) in [6.45, 7) is 3.84. The van der Waals surface area contributed by atoms with Gasteiger partial charge in [-0.3, -0.25) is 9.89 Å². The van der Waals surface area contributed by atoms with Crippen molar-refractivity contribution in [2.45, 2.75) is 32.1 Å². The summed E-state index contributed by atoms with van der Waals surface area (Å²) in [5.74, 6) is 0.366. The standard InChI is InChI=1S/C24H21N5O/c1-14-20-9-8-19-21(17-12-26-27-13-17)28-15(2)29-23(19)24(20,10-16(11-25)22(14)30)18-6-4-3-5-7-18/h3-7,10,12-14,20H,8-9H2,1-2H3,(H,26,27)/t14-,20-,24+/m0/s1. The molecule has 6 nitrogen and oxygen atoms in total. The number of aromatic nitrogens is 4. The second kappa shape index (κ2) is 6.74. The predicted molar refractivity (Wildman–Crippen MR) is 111 cm³/mol. The van der Waals surface area contributed by atoms with E-state index in [0.717, 1.165) is 40.9 Å². The monoisotopic (exact) mass is 395 g/mol. The Morgan fingerprint density at radius 1 is 1.23 bits per heavy atom. The molecule has 0 fully saturated rings. The molecule has 2 aliphatic carbocycles. The fraction of sp³-hybridized carbons (Fsp3) is 0.292. The first kappa shape index (κ1) is 18.4. The molecule has 0 saturated heterocycles. The van der Waals surface area contributed by atoms with E-state index in [4.69, 9.17) is 9.97 Å². The molecular weight excluding hydrogens is 374 g/mol. The minimum absolute atomic E-state index is 0.0310. The Morgan fingerprint density at radius 3 is 2.73 bits per heavy atom. The number of carbonyl (C=O) groups excluding carboxylic acids is 1. The molecule has 0 saturated carbocycles. The van der Waals surface area contributed by atoms with Crippen LogP contribution in [0.2, 0.25) is 0 Å². The highest BCUT2D eigenvalue weighted by Gasteiger charge is 2.53. The molecule has 0 spiro atoms. The van der Waals surface area contributed by atoms with Gasteiger partial charge in [0.2, 0.25) is 0 Å². The second-order valence-corrected chi connectivity index (χ2v) is 8.14. The lowest BCUT2D eigenvalue weighted by molar-refractivity contribution is -0.121. The second-order valence-electron chi connectivity index (χ2n) is 8.14. The quantitative estimate of drug-likeness (QED) is 0.714. The van der Waals surface area contributed by atoms with E-state index in [1.807, 2.05) is 44.3 Å². The number of nitriles is 1. The summed E-state index contributed by atoms with van der Waals surface area (Å²) in [5, 5.41) is 16.7. The van der Waals surface area contributed by atoms with Crippen LogP contribution in [0.4, 0.5) is 0 Å². The number of aryl methyl sites for hydroxylation is 1. The lowest BCUT2D eigenvalue weighted by atomic mass is 9.54. The summed E-state index contributed by atoms with van der Waals surface area (Å²) in [6.07, 6.45) is 7.09. The van der Waals surface area contributed by atoms with Gasteiger partial charge in [0.15, 0.2) is 5.78 Å². The summed E-state index contributed by atoms with van der Waals surface area (Å²) in [5.41, 5.74) is 4.40. The maximum atomic E-state index is 12.9. The van der Waals surface area contributed by atoms with Crippen LogP contribution in [0.1, 0.15) is 36.0 Å². The molecule has 30 heavy (non-hydrogen) atoms. The van der Waals surface area contributed by atoms with Gasteiger partial charge < -0.3 is 0 Å². The molecule has 3 atom stereocenters. The fourth-order valence-electron chi connectivity index (χ4n) is 5.28. The third kappa shape index (κ3) is 2.48. The molecule has 1 N–H and O–H groups in total. The Morgan fingerprint density at radius 2 is 2.03 bits per heavy atom. The van der Waals surface area contributed by atoms with Crippen molar-refractivity contribution in [1.82, 2.24) is 20.2 Å². The van der Waals surface area contributed by atoms with Crippen molar-refractivity contribution in [2.75, 3.05) is 0 Å². The molecule has 0 unspecified atom stereocenters. The van der Waals surface area contributed by atoms with E-state index in [1.165, 1.54) is 0 Å². The third-order valence-electron chi connectivity index (χ3n) is 6.60. The van der Waals surface area contributed by atoms with Crippen LogP contribution in [0.3, 0.4) is 0 Å². The molecule has 0 amide bonds. The number of aromatic amines is 1. The molecule has 5 rings (SSSR count). The zero-order valence-corrected chi connectivity index (χ0v) is 16.9. The smallest absolute Gasteiger partial charge is 0.176 e. The Bertz CT molecular complexity index is 1210. The summed E-state index contributed by atoms with van der Waals surface area (Å²) in [4.78, 5) is 22.6. The summed E-state index contributed by atoms with van der Waals surface area (Å²) in [7, 11) is 0. The molecule has 2 aliphatic rings. The highest BCUT2D eigenvalue weighted by atomic mass is 16.1. The SMILES string of the molecule is Cc1nc(-c2cn[nH]c2)c2c(n1)[C@@]1(c3ccccc3)C=C(C#N)C(=O)[C@@H](C)[C@@H]1CC2. The van der Waals surface area contributed by atoms with Crippen LogP contribution in [0.15, 0.2) is 54.4 Å². The van der Waals surface area contributed by atoms with E-state index in [-0.39, 0.29) is 23.2 Å². The van der Waals surface area contributed by atoms with Crippen molar-refractivity contribution in [3.05, 3.63) is 77.0 Å². The first-order valence-corrected chi connectivity index (χ1v) is 10.2. The van der Waals surface area contributed by atoms with E-state index >= 15 is 0 Å². The van der Waals surface area contributed by atoms with E-state index in [2.05, 4.69) is 28.4 Å². The Kier molecular flexibility index (Phi) is 4.14. The number of Topliss-reactive ketones (excluding diaryl/α,β-unsaturated/α-hetero) is 1. The van der Waals surface area contributed by atoms with Gasteiger partial charge in [-0.1, -0.05) is 37.3 Å². The van der Waals surface area contributed by atoms with Crippen LogP contribution in [0.5, 0.6) is 0 Å². The number of hydrogen-bond donors (Lipinski definition) is 1. The van der Waals surface area contributed by atoms with Crippen molar-refractivity contribution in [1.29, 1.82) is 5.26 Å². The van der Waals surface area contributed by atoms with E-state index in [0.29, 0.717) is 5.82 Å². The zero-order chi connectivity index (χ0) is 20.9. The van der Waals surface area contributed by atoms with Gasteiger partial charge in [-0.15, -0.1) is 0 Å². The summed E-state index contributed by atoms with van der Waals surface area (Å²) < 4.78 is 0. The Balaban J connectivity index is 1.89. The average Bonchev–Trinajstić information content (AvgIpc) is 3.31. The van der Waals surface area contributed by atoms with E-state index < -0.39 is 5.41 Å². The molecule has 148 valence electrons.